The van der Waals surface area contributed by atoms with Crippen molar-refractivity contribution in [3.05, 3.63) is 130 Å². The van der Waals surface area contributed by atoms with Crippen molar-refractivity contribution < 1.29 is 57.5 Å². The average molecular weight is 685 g/mol. The van der Waals surface area contributed by atoms with Gasteiger partial charge in [-0.25, -0.2) is 29.0 Å². The molecule has 0 aliphatic carbocycles. The van der Waals surface area contributed by atoms with E-state index in [0.29, 0.717) is 0 Å². The molecule has 4 rings (SSSR count). The summed E-state index contributed by atoms with van der Waals surface area (Å²) in [5.41, 5.74) is -0.485. The van der Waals surface area contributed by atoms with Gasteiger partial charge in [0.2, 0.25) is 0 Å². The van der Waals surface area contributed by atoms with E-state index in [1.54, 1.807) is 38.1 Å². The normalized spacial score (nSPS) is 10.2. The van der Waals surface area contributed by atoms with E-state index in [4.69, 9.17) is 28.7 Å². The molecule has 0 bridgehead atoms. The van der Waals surface area contributed by atoms with Gasteiger partial charge in [-0.1, -0.05) is 60.7 Å². The number of rotatable bonds is 14. The molecule has 0 unspecified atom stereocenters. The van der Waals surface area contributed by atoms with Crippen molar-refractivity contribution in [3.63, 3.8) is 0 Å². The Morgan fingerprint density at radius 1 is 0.460 bits per heavy atom. The lowest BCUT2D eigenvalue weighted by atomic mass is 9.97. The maximum Gasteiger partial charge on any atom is 0.409 e. The summed E-state index contributed by atoms with van der Waals surface area (Å²) in [6.45, 7) is 3.03. The van der Waals surface area contributed by atoms with Gasteiger partial charge in [0.1, 0.15) is 11.5 Å². The molecule has 0 saturated heterocycles. The molecule has 0 aliphatic rings. The van der Waals surface area contributed by atoms with Crippen molar-refractivity contribution in [2.45, 2.75) is 13.8 Å². The van der Waals surface area contributed by atoms with Gasteiger partial charge in [-0.05, 0) is 50.2 Å². The van der Waals surface area contributed by atoms with Gasteiger partial charge >= 0.3 is 24.1 Å². The fourth-order valence-electron chi connectivity index (χ4n) is 4.44. The highest BCUT2D eigenvalue weighted by molar-refractivity contribution is 6.17. The Morgan fingerprint density at radius 2 is 0.780 bits per heavy atom. The summed E-state index contributed by atoms with van der Waals surface area (Å²) in [6, 6.07) is 23.8. The number of ether oxygens (including phenoxy) is 4. The topological polar surface area (TPSA) is 182 Å². The molecule has 0 aromatic heterocycles. The Morgan fingerprint density at radius 3 is 1.14 bits per heavy atom. The standard InChI is InChI=1S/C36H32N2O12/c1-3-45-35(43)37-21-47-29-19-11-9-17-27(29)31(39)23-13-5-7-15-25(23)33(41)49-50-34(42)26-16-8-6-14-24(26)32(40)28-18-10-12-20-30(28)48-22-38-36(44)46-4-2/h5-20H,3-4,21-22H2,1-2H3,(H,37,43)(H,38,44). The van der Waals surface area contributed by atoms with Crippen LogP contribution in [0.1, 0.15) is 66.4 Å². The van der Waals surface area contributed by atoms with Crippen LogP contribution in [0.25, 0.3) is 0 Å². The molecule has 4 aromatic rings. The molecule has 0 saturated carbocycles. The Hall–Kier alpha value is -6.70. The largest absolute Gasteiger partial charge is 0.472 e. The quantitative estimate of drug-likeness (QED) is 0.0764. The summed E-state index contributed by atoms with van der Waals surface area (Å²) in [6.07, 6.45) is -1.41. The van der Waals surface area contributed by atoms with Crippen LogP contribution in [0, 0.1) is 0 Å². The van der Waals surface area contributed by atoms with Crippen LogP contribution in [0.4, 0.5) is 9.59 Å². The third kappa shape index (κ3) is 9.44. The molecule has 14 nitrogen and oxygen atoms in total. The number of carbonyl (C=O) groups excluding carboxylic acids is 6. The number of nitrogens with one attached hydrogen (secondary N) is 2. The molecule has 4 aromatic carbocycles. The highest BCUT2D eigenvalue weighted by Crippen LogP contribution is 2.25. The van der Waals surface area contributed by atoms with Crippen LogP contribution < -0.4 is 20.1 Å². The van der Waals surface area contributed by atoms with Crippen molar-refractivity contribution >= 4 is 35.7 Å². The molecular formula is C36H32N2O12. The number of para-hydroxylation sites is 2. The lowest BCUT2D eigenvalue weighted by molar-refractivity contribution is -0.187. The summed E-state index contributed by atoms with van der Waals surface area (Å²) in [4.78, 5) is 86.3. The van der Waals surface area contributed by atoms with Gasteiger partial charge in [0, 0.05) is 11.1 Å². The Kier molecular flexibility index (Phi) is 13.0. The molecular weight excluding hydrogens is 652 g/mol. The first kappa shape index (κ1) is 36.1. The Balaban J connectivity index is 1.47. The molecule has 0 spiro atoms. The van der Waals surface area contributed by atoms with Crippen molar-refractivity contribution in [1.82, 2.24) is 10.6 Å². The molecule has 0 fully saturated rings. The number of hydrogen-bond acceptors (Lipinski definition) is 12. The molecule has 0 heterocycles. The number of amides is 2. The van der Waals surface area contributed by atoms with Crippen molar-refractivity contribution in [1.29, 1.82) is 0 Å². The van der Waals surface area contributed by atoms with Gasteiger partial charge in [-0.2, -0.15) is 0 Å². The third-order valence-corrected chi connectivity index (χ3v) is 6.68. The van der Waals surface area contributed by atoms with Gasteiger partial charge < -0.3 is 18.9 Å². The first-order chi connectivity index (χ1) is 24.2. The van der Waals surface area contributed by atoms with E-state index in [-0.39, 0.29) is 71.6 Å². The predicted octanol–water partition coefficient (Wildman–Crippen LogP) is 5.24. The van der Waals surface area contributed by atoms with E-state index in [9.17, 15) is 28.8 Å². The molecule has 0 atom stereocenters. The van der Waals surface area contributed by atoms with Gasteiger partial charge in [-0.3, -0.25) is 20.2 Å². The summed E-state index contributed by atoms with van der Waals surface area (Å²) < 4.78 is 20.7. The number of hydrogen-bond donors (Lipinski definition) is 2. The highest BCUT2D eigenvalue weighted by Gasteiger charge is 2.26. The Labute approximate surface area is 286 Å². The lowest BCUT2D eigenvalue weighted by Gasteiger charge is -2.13. The summed E-state index contributed by atoms with van der Waals surface area (Å²) in [7, 11) is 0. The zero-order chi connectivity index (χ0) is 35.9. The first-order valence-corrected chi connectivity index (χ1v) is 15.2. The monoisotopic (exact) mass is 684 g/mol. The van der Waals surface area contributed by atoms with Crippen molar-refractivity contribution in [3.8, 4) is 11.5 Å². The van der Waals surface area contributed by atoms with Gasteiger partial charge in [0.25, 0.3) is 0 Å². The van der Waals surface area contributed by atoms with E-state index in [1.807, 2.05) is 0 Å². The molecule has 14 heteroatoms. The summed E-state index contributed by atoms with van der Waals surface area (Å²) in [5, 5.41) is 4.77. The van der Waals surface area contributed by atoms with Crippen LogP contribution in [0.15, 0.2) is 97.1 Å². The highest BCUT2D eigenvalue weighted by atomic mass is 17.2. The SMILES string of the molecule is CCOC(=O)NCOc1ccccc1C(=O)c1ccccc1C(=O)OOC(=O)c1ccccc1C(=O)c1ccccc1OCNC(=O)OCC. The lowest BCUT2D eigenvalue weighted by Crippen LogP contribution is -2.28. The average Bonchev–Trinajstić information content (AvgIpc) is 3.13. The minimum absolute atomic E-state index is 0.0729. The van der Waals surface area contributed by atoms with Crippen LogP contribution >= 0.6 is 0 Å². The maximum atomic E-state index is 13.6. The second-order valence-electron chi connectivity index (χ2n) is 9.86. The maximum absolute atomic E-state index is 13.6. The molecule has 2 N–H and O–H groups in total. The van der Waals surface area contributed by atoms with Gasteiger partial charge in [-0.15, -0.1) is 0 Å². The van der Waals surface area contributed by atoms with E-state index in [0.717, 1.165) is 0 Å². The van der Waals surface area contributed by atoms with E-state index >= 15 is 0 Å². The van der Waals surface area contributed by atoms with Crippen LogP contribution in [-0.4, -0.2) is 62.4 Å². The summed E-state index contributed by atoms with van der Waals surface area (Å²) >= 11 is 0. The van der Waals surface area contributed by atoms with Crippen LogP contribution in [0.5, 0.6) is 11.5 Å². The van der Waals surface area contributed by atoms with Gasteiger partial charge in [0.15, 0.2) is 25.0 Å². The number of ketones is 2. The number of benzene rings is 4. The van der Waals surface area contributed by atoms with E-state index in [2.05, 4.69) is 10.6 Å². The Bertz CT molecular complexity index is 1740. The predicted molar refractivity (Wildman–Crippen MR) is 175 cm³/mol. The first-order valence-electron chi connectivity index (χ1n) is 15.2. The van der Waals surface area contributed by atoms with E-state index in [1.165, 1.54) is 72.8 Å². The molecule has 50 heavy (non-hydrogen) atoms. The third-order valence-electron chi connectivity index (χ3n) is 6.68. The minimum atomic E-state index is -1.17. The molecule has 0 aliphatic heterocycles. The van der Waals surface area contributed by atoms with Crippen LogP contribution in [0.2, 0.25) is 0 Å². The van der Waals surface area contributed by atoms with Crippen molar-refractivity contribution in [2.75, 3.05) is 26.7 Å². The zero-order valence-corrected chi connectivity index (χ0v) is 27.0. The molecule has 0 radical (unpaired) electrons. The number of carbonyl (C=O) groups is 6. The minimum Gasteiger partial charge on any atom is -0.472 e. The molecule has 2 amide bonds. The molecule has 258 valence electrons. The fourth-order valence-corrected chi connectivity index (χ4v) is 4.44. The summed E-state index contributed by atoms with van der Waals surface area (Å²) in [5.74, 6) is -3.34. The fraction of sp³-hybridized carbons (Fsp3) is 0.167. The second kappa shape index (κ2) is 18.0. The van der Waals surface area contributed by atoms with Gasteiger partial charge in [0.05, 0.1) is 35.5 Å². The van der Waals surface area contributed by atoms with Crippen LogP contribution in [-0.2, 0) is 19.2 Å². The van der Waals surface area contributed by atoms with E-state index < -0.39 is 35.7 Å². The smallest absolute Gasteiger partial charge is 0.409 e. The zero-order valence-electron chi connectivity index (χ0n) is 27.0. The van der Waals surface area contributed by atoms with Crippen molar-refractivity contribution in [2.24, 2.45) is 0 Å². The second-order valence-corrected chi connectivity index (χ2v) is 9.86. The van der Waals surface area contributed by atoms with Crippen LogP contribution in [0.3, 0.4) is 0 Å². The number of alkyl carbamates (subject to hydrolysis) is 2.